The maximum absolute atomic E-state index is 5.72. The van der Waals surface area contributed by atoms with E-state index in [9.17, 15) is 0 Å². The molecule has 0 fully saturated rings. The molecule has 0 unspecified atom stereocenters. The Balaban J connectivity index is 2.70. The molecule has 102 valence electrons. The second-order valence-corrected chi connectivity index (χ2v) is 4.52. The zero-order chi connectivity index (χ0) is 13.4. The quantitative estimate of drug-likeness (QED) is 0.770. The number of nitrogens with two attached hydrogens (primary N) is 1. The summed E-state index contributed by atoms with van der Waals surface area (Å²) >= 11 is 0. The van der Waals surface area contributed by atoms with Crippen LogP contribution in [0.5, 0.6) is 0 Å². The van der Waals surface area contributed by atoms with E-state index < -0.39 is 0 Å². The highest BCUT2D eigenvalue weighted by molar-refractivity contribution is 5.31. The molecular formula is C14H25N3O. The maximum Gasteiger partial charge on any atom is 0.123 e. The molecule has 0 bridgehead atoms. The van der Waals surface area contributed by atoms with Crippen LogP contribution < -0.4 is 5.73 Å². The first kappa shape index (κ1) is 14.9. The Morgan fingerprint density at radius 1 is 1.39 bits per heavy atom. The lowest BCUT2D eigenvalue weighted by atomic mass is 10.1. The number of hydrogen-bond donors (Lipinski definition) is 1. The molecule has 0 saturated carbocycles. The molecule has 0 atom stereocenters. The second-order valence-electron chi connectivity index (χ2n) is 4.52. The third kappa shape index (κ3) is 4.63. The molecule has 2 N–H and O–H groups in total. The summed E-state index contributed by atoms with van der Waals surface area (Å²) < 4.78 is 5.19. The van der Waals surface area contributed by atoms with Crippen LogP contribution in [0.15, 0.2) is 18.3 Å². The first-order chi connectivity index (χ1) is 8.71. The Morgan fingerprint density at radius 3 is 2.67 bits per heavy atom. The van der Waals surface area contributed by atoms with Gasteiger partial charge in [-0.15, -0.1) is 0 Å². The number of hydrogen-bond acceptors (Lipinski definition) is 4. The number of ether oxygens (including phenoxy) is 1. The van der Waals surface area contributed by atoms with Crippen LogP contribution in [0.1, 0.15) is 32.3 Å². The van der Waals surface area contributed by atoms with Crippen LogP contribution in [0.25, 0.3) is 0 Å². The first-order valence-corrected chi connectivity index (χ1v) is 6.64. The highest BCUT2D eigenvalue weighted by atomic mass is 16.5. The molecule has 4 heteroatoms. The summed E-state index contributed by atoms with van der Waals surface area (Å²) in [5.74, 6) is 0.587. The van der Waals surface area contributed by atoms with Gasteiger partial charge in [0, 0.05) is 32.4 Å². The predicted molar refractivity (Wildman–Crippen MR) is 75.3 cm³/mol. The minimum atomic E-state index is 0.587. The largest absolute Gasteiger partial charge is 0.384 e. The summed E-state index contributed by atoms with van der Waals surface area (Å²) in [5, 5.41) is 0. The Bertz CT molecular complexity index is 340. The minimum Gasteiger partial charge on any atom is -0.384 e. The molecule has 1 aromatic rings. The Hall–Kier alpha value is -1.13. The number of nitrogen functional groups attached to an aromatic ring is 1. The predicted octanol–water partition coefficient (Wildman–Crippen LogP) is 2.30. The van der Waals surface area contributed by atoms with Gasteiger partial charge in [-0.3, -0.25) is 4.90 Å². The van der Waals surface area contributed by atoms with E-state index in [2.05, 4.69) is 23.7 Å². The van der Waals surface area contributed by atoms with E-state index in [4.69, 9.17) is 10.5 Å². The minimum absolute atomic E-state index is 0.587. The molecule has 0 aliphatic rings. The van der Waals surface area contributed by atoms with Crippen LogP contribution in [0.4, 0.5) is 5.82 Å². The number of pyridine rings is 1. The first-order valence-electron chi connectivity index (χ1n) is 6.64. The summed E-state index contributed by atoms with van der Waals surface area (Å²) in [6.45, 7) is 7.08. The Kier molecular flexibility index (Phi) is 6.68. The van der Waals surface area contributed by atoms with Crippen LogP contribution in [-0.2, 0) is 11.3 Å². The van der Waals surface area contributed by atoms with Crippen molar-refractivity contribution in [2.45, 2.75) is 39.3 Å². The summed E-state index contributed by atoms with van der Waals surface area (Å²) in [4.78, 5) is 6.49. The van der Waals surface area contributed by atoms with E-state index in [-0.39, 0.29) is 0 Å². The number of rotatable bonds is 8. The average molecular weight is 251 g/mol. The SMILES string of the molecule is CCC(CC)N(CCOC)Cc1ccnc(N)c1. The molecule has 0 aliphatic heterocycles. The van der Waals surface area contributed by atoms with Crippen LogP contribution >= 0.6 is 0 Å². The third-order valence-electron chi connectivity index (χ3n) is 3.27. The molecule has 0 radical (unpaired) electrons. The van der Waals surface area contributed by atoms with Gasteiger partial charge in [0.15, 0.2) is 0 Å². The molecule has 1 aromatic heterocycles. The lowest BCUT2D eigenvalue weighted by molar-refractivity contribution is 0.110. The molecule has 1 heterocycles. The van der Waals surface area contributed by atoms with E-state index in [1.54, 1.807) is 13.3 Å². The molecule has 0 amide bonds. The van der Waals surface area contributed by atoms with Crippen LogP contribution in [-0.4, -0.2) is 36.2 Å². The molecule has 0 aliphatic carbocycles. The summed E-state index contributed by atoms with van der Waals surface area (Å²) in [6.07, 6.45) is 4.08. The van der Waals surface area contributed by atoms with Gasteiger partial charge in [-0.25, -0.2) is 4.98 Å². The highest BCUT2D eigenvalue weighted by Gasteiger charge is 2.15. The van der Waals surface area contributed by atoms with Crippen molar-refractivity contribution in [3.8, 4) is 0 Å². The summed E-state index contributed by atoms with van der Waals surface area (Å²) in [7, 11) is 1.75. The number of aromatic nitrogens is 1. The van der Waals surface area contributed by atoms with Gasteiger partial charge in [-0.1, -0.05) is 13.8 Å². The van der Waals surface area contributed by atoms with Crippen LogP contribution in [0.2, 0.25) is 0 Å². The molecule has 0 aromatic carbocycles. The number of methoxy groups -OCH3 is 1. The van der Waals surface area contributed by atoms with Gasteiger partial charge in [-0.05, 0) is 30.5 Å². The molecule has 0 saturated heterocycles. The smallest absolute Gasteiger partial charge is 0.123 e. The van der Waals surface area contributed by atoms with Crippen LogP contribution in [0, 0.1) is 0 Å². The molecule has 0 spiro atoms. The van der Waals surface area contributed by atoms with E-state index in [1.807, 2.05) is 12.1 Å². The zero-order valence-corrected chi connectivity index (χ0v) is 11.7. The van der Waals surface area contributed by atoms with E-state index >= 15 is 0 Å². The van der Waals surface area contributed by atoms with Crippen molar-refractivity contribution < 1.29 is 4.74 Å². The van der Waals surface area contributed by atoms with Gasteiger partial charge in [0.2, 0.25) is 0 Å². The van der Waals surface area contributed by atoms with Gasteiger partial charge in [0.25, 0.3) is 0 Å². The summed E-state index contributed by atoms with van der Waals surface area (Å²) in [6, 6.07) is 4.57. The van der Waals surface area contributed by atoms with Crippen molar-refractivity contribution in [2.24, 2.45) is 0 Å². The molecular weight excluding hydrogens is 226 g/mol. The van der Waals surface area contributed by atoms with E-state index in [1.165, 1.54) is 5.56 Å². The van der Waals surface area contributed by atoms with Crippen molar-refractivity contribution in [1.29, 1.82) is 0 Å². The van der Waals surface area contributed by atoms with Gasteiger partial charge in [0.1, 0.15) is 5.82 Å². The van der Waals surface area contributed by atoms with Crippen LogP contribution in [0.3, 0.4) is 0 Å². The Morgan fingerprint density at radius 2 is 2.11 bits per heavy atom. The monoisotopic (exact) mass is 251 g/mol. The number of anilines is 1. The van der Waals surface area contributed by atoms with Crippen molar-refractivity contribution in [1.82, 2.24) is 9.88 Å². The van der Waals surface area contributed by atoms with Crippen molar-refractivity contribution in [3.05, 3.63) is 23.9 Å². The fraction of sp³-hybridized carbons (Fsp3) is 0.643. The fourth-order valence-electron chi connectivity index (χ4n) is 2.23. The van der Waals surface area contributed by atoms with Gasteiger partial charge >= 0.3 is 0 Å². The standard InChI is InChI=1S/C14H25N3O/c1-4-13(5-2)17(8-9-18-3)11-12-6-7-16-14(15)10-12/h6-7,10,13H,4-5,8-9,11H2,1-3H3,(H2,15,16). The molecule has 1 rings (SSSR count). The molecule has 18 heavy (non-hydrogen) atoms. The lowest BCUT2D eigenvalue weighted by Crippen LogP contribution is -2.36. The van der Waals surface area contributed by atoms with E-state index in [0.29, 0.717) is 11.9 Å². The summed E-state index contributed by atoms with van der Waals surface area (Å²) in [5.41, 5.74) is 6.93. The van der Waals surface area contributed by atoms with Crippen molar-refractivity contribution in [2.75, 3.05) is 26.0 Å². The van der Waals surface area contributed by atoms with Crippen molar-refractivity contribution in [3.63, 3.8) is 0 Å². The zero-order valence-electron chi connectivity index (χ0n) is 11.7. The Labute approximate surface area is 110 Å². The van der Waals surface area contributed by atoms with E-state index in [0.717, 1.165) is 32.5 Å². The van der Waals surface area contributed by atoms with Gasteiger partial charge in [0.05, 0.1) is 6.61 Å². The van der Waals surface area contributed by atoms with Crippen molar-refractivity contribution >= 4 is 5.82 Å². The molecule has 4 nitrogen and oxygen atoms in total. The second kappa shape index (κ2) is 8.06. The average Bonchev–Trinajstić information content (AvgIpc) is 2.37. The maximum atomic E-state index is 5.72. The number of nitrogens with zero attached hydrogens (tertiary/aromatic N) is 2. The third-order valence-corrected chi connectivity index (χ3v) is 3.27. The van der Waals surface area contributed by atoms with Gasteiger partial charge < -0.3 is 10.5 Å². The fourth-order valence-corrected chi connectivity index (χ4v) is 2.23. The topological polar surface area (TPSA) is 51.4 Å². The van der Waals surface area contributed by atoms with Gasteiger partial charge in [-0.2, -0.15) is 0 Å². The normalized spacial score (nSPS) is 11.4. The highest BCUT2D eigenvalue weighted by Crippen LogP contribution is 2.14. The lowest BCUT2D eigenvalue weighted by Gasteiger charge is -2.30.